The van der Waals surface area contributed by atoms with E-state index in [4.69, 9.17) is 5.14 Å². The van der Waals surface area contributed by atoms with Crippen molar-refractivity contribution in [3.63, 3.8) is 0 Å². The molecule has 3 N–H and O–H groups in total. The van der Waals surface area contributed by atoms with E-state index in [2.05, 4.69) is 11.4 Å². The number of hydrogen-bond acceptors (Lipinski definition) is 5. The lowest BCUT2D eigenvalue weighted by molar-refractivity contribution is -0.117. The molecule has 0 bridgehead atoms. The molecule has 0 fully saturated rings. The van der Waals surface area contributed by atoms with Gasteiger partial charge in [-0.15, -0.1) is 0 Å². The van der Waals surface area contributed by atoms with Gasteiger partial charge in [-0.2, -0.15) is 5.26 Å². The third-order valence-corrected chi connectivity index (χ3v) is 7.02. The molecule has 0 saturated carbocycles. The number of carbonyl (C=O) groups is 1. The number of nitriles is 1. The minimum atomic E-state index is -3.82. The molecule has 0 aliphatic carbocycles. The lowest BCUT2D eigenvalue weighted by Gasteiger charge is -2.25. The Bertz CT molecular complexity index is 1340. The summed E-state index contributed by atoms with van der Waals surface area (Å²) in [6.07, 6.45) is 0. The van der Waals surface area contributed by atoms with Gasteiger partial charge in [-0.05, 0) is 56.6 Å². The Hall–Kier alpha value is -3.45. The number of nitrogens with two attached hydrogens (primary N) is 1. The molecule has 1 aromatic heterocycles. The van der Waals surface area contributed by atoms with E-state index in [1.165, 1.54) is 12.1 Å². The third kappa shape index (κ3) is 5.54. The van der Waals surface area contributed by atoms with Gasteiger partial charge in [-0.3, -0.25) is 9.69 Å². The zero-order chi connectivity index (χ0) is 25.0. The molecule has 1 amide bonds. The van der Waals surface area contributed by atoms with E-state index >= 15 is 0 Å². The minimum Gasteiger partial charge on any atom is -0.326 e. The number of rotatable bonds is 8. The molecule has 2 aromatic carbocycles. The van der Waals surface area contributed by atoms with Crippen LogP contribution in [0.5, 0.6) is 0 Å². The summed E-state index contributed by atoms with van der Waals surface area (Å²) in [5, 5.41) is 17.9. The molecule has 0 aliphatic heterocycles. The topological polar surface area (TPSA) is 121 Å². The number of aromatic nitrogens is 1. The number of likely N-dealkylation sites (N-methyl/N-ethyl adjacent to an activating group) is 1. The summed E-state index contributed by atoms with van der Waals surface area (Å²) >= 11 is 0. The van der Waals surface area contributed by atoms with Crippen LogP contribution in [0.2, 0.25) is 0 Å². The average molecular weight is 480 g/mol. The Kier molecular flexibility index (Phi) is 7.57. The second-order valence-electron chi connectivity index (χ2n) is 8.37. The van der Waals surface area contributed by atoms with Gasteiger partial charge in [0, 0.05) is 18.3 Å². The molecule has 0 aliphatic rings. The molecule has 34 heavy (non-hydrogen) atoms. The Balaban J connectivity index is 1.80. The molecule has 8 nitrogen and oxygen atoms in total. The van der Waals surface area contributed by atoms with Crippen LogP contribution in [0.4, 0.5) is 5.82 Å². The van der Waals surface area contributed by atoms with Crippen LogP contribution in [0.25, 0.3) is 0 Å². The molecule has 0 radical (unpaired) electrons. The van der Waals surface area contributed by atoms with Crippen molar-refractivity contribution in [2.24, 2.45) is 5.14 Å². The zero-order valence-electron chi connectivity index (χ0n) is 19.7. The van der Waals surface area contributed by atoms with Gasteiger partial charge >= 0.3 is 0 Å². The van der Waals surface area contributed by atoms with Crippen molar-refractivity contribution in [3.8, 4) is 6.07 Å². The first-order valence-corrected chi connectivity index (χ1v) is 12.3. The molecule has 1 heterocycles. The van der Waals surface area contributed by atoms with Crippen LogP contribution in [0, 0.1) is 25.2 Å². The molecule has 1 unspecified atom stereocenters. The molecule has 0 spiro atoms. The molecule has 178 valence electrons. The molecule has 3 rings (SSSR count). The summed E-state index contributed by atoms with van der Waals surface area (Å²) in [6, 6.07) is 18.2. The van der Waals surface area contributed by atoms with Crippen molar-refractivity contribution >= 4 is 21.7 Å². The Morgan fingerprint density at radius 2 is 1.85 bits per heavy atom. The summed E-state index contributed by atoms with van der Waals surface area (Å²) in [4.78, 5) is 14.8. The molecule has 1 atom stereocenters. The normalized spacial score (nSPS) is 12.4. The summed E-state index contributed by atoms with van der Waals surface area (Å²) in [6.45, 7) is 6.25. The van der Waals surface area contributed by atoms with Gasteiger partial charge in [0.2, 0.25) is 15.9 Å². The van der Waals surface area contributed by atoms with Crippen molar-refractivity contribution in [2.75, 3.05) is 18.9 Å². The number of amides is 1. The Morgan fingerprint density at radius 1 is 1.18 bits per heavy atom. The van der Waals surface area contributed by atoms with Crippen molar-refractivity contribution < 1.29 is 13.2 Å². The number of nitrogens with zero attached hydrogens (tertiary/aromatic N) is 3. The van der Waals surface area contributed by atoms with Crippen LogP contribution in [0.15, 0.2) is 59.5 Å². The van der Waals surface area contributed by atoms with E-state index < -0.39 is 10.0 Å². The maximum Gasteiger partial charge on any atom is 0.239 e. The first kappa shape index (κ1) is 25.2. The predicted molar refractivity (Wildman–Crippen MR) is 132 cm³/mol. The van der Waals surface area contributed by atoms with Crippen LogP contribution in [0.3, 0.4) is 0 Å². The van der Waals surface area contributed by atoms with E-state index in [1.807, 2.05) is 55.7 Å². The van der Waals surface area contributed by atoms with Gasteiger partial charge in [0.15, 0.2) is 0 Å². The van der Waals surface area contributed by atoms with E-state index in [0.717, 1.165) is 22.4 Å². The number of nitrogens with one attached hydrogen (secondary N) is 1. The number of sulfonamides is 1. The first-order chi connectivity index (χ1) is 16.0. The maximum atomic E-state index is 13.0. The highest BCUT2D eigenvalue weighted by atomic mass is 32.2. The van der Waals surface area contributed by atoms with Crippen LogP contribution < -0.4 is 10.5 Å². The van der Waals surface area contributed by atoms with Crippen molar-refractivity contribution in [2.45, 2.75) is 38.3 Å². The molecular formula is C25H29N5O3S. The highest BCUT2D eigenvalue weighted by molar-refractivity contribution is 7.89. The van der Waals surface area contributed by atoms with Gasteiger partial charge in [-0.25, -0.2) is 13.6 Å². The monoisotopic (exact) mass is 479 g/mol. The smallest absolute Gasteiger partial charge is 0.239 e. The summed E-state index contributed by atoms with van der Waals surface area (Å²) in [5.41, 5.74) is 3.96. The fraction of sp³-hybridized carbons (Fsp3) is 0.280. The maximum absolute atomic E-state index is 13.0. The third-order valence-electron chi connectivity index (χ3n) is 6.11. The number of carbonyl (C=O) groups excluding carboxylic acids is 1. The molecule has 9 heteroatoms. The highest BCUT2D eigenvalue weighted by Gasteiger charge is 2.22. The molecule has 3 aromatic rings. The van der Waals surface area contributed by atoms with Crippen molar-refractivity contribution in [3.05, 3.63) is 82.5 Å². The Labute approximate surface area is 200 Å². The van der Waals surface area contributed by atoms with Crippen LogP contribution in [-0.4, -0.2) is 37.4 Å². The molecule has 0 saturated heterocycles. The second kappa shape index (κ2) is 10.2. The van der Waals surface area contributed by atoms with Gasteiger partial charge in [0.05, 0.1) is 17.0 Å². The number of hydrogen-bond donors (Lipinski definition) is 2. The minimum absolute atomic E-state index is 0.0260. The van der Waals surface area contributed by atoms with E-state index in [9.17, 15) is 18.5 Å². The fourth-order valence-electron chi connectivity index (χ4n) is 3.83. The van der Waals surface area contributed by atoms with Gasteiger partial charge in [-0.1, -0.05) is 42.5 Å². The summed E-state index contributed by atoms with van der Waals surface area (Å²) in [7, 11) is -2.04. The van der Waals surface area contributed by atoms with Crippen LogP contribution >= 0.6 is 0 Å². The van der Waals surface area contributed by atoms with Crippen molar-refractivity contribution in [1.29, 1.82) is 5.26 Å². The van der Waals surface area contributed by atoms with Gasteiger partial charge in [0.25, 0.3) is 0 Å². The predicted octanol–water partition coefficient (Wildman–Crippen LogP) is 3.30. The zero-order valence-corrected chi connectivity index (χ0v) is 20.6. The lowest BCUT2D eigenvalue weighted by atomic mass is 10.1. The number of benzene rings is 2. The van der Waals surface area contributed by atoms with E-state index in [0.29, 0.717) is 17.9 Å². The highest BCUT2D eigenvalue weighted by Crippen LogP contribution is 2.28. The number of anilines is 1. The van der Waals surface area contributed by atoms with Crippen LogP contribution in [-0.2, 0) is 21.4 Å². The average Bonchev–Trinajstić information content (AvgIpc) is 3.02. The standard InChI is InChI=1S/C25H29N5O3S/c1-17-18(2)30(15-20-9-6-5-7-10-20)25(23(17)14-26)28-24(31)16-29(4)19(3)21-11-8-12-22(13-21)34(27,32)33/h5-13,19H,15-16H2,1-4H3,(H,28,31)(H2,27,32,33). The van der Waals surface area contributed by atoms with E-state index in [-0.39, 0.29) is 23.4 Å². The van der Waals surface area contributed by atoms with Gasteiger partial charge < -0.3 is 9.88 Å². The van der Waals surface area contributed by atoms with E-state index in [1.54, 1.807) is 24.1 Å². The van der Waals surface area contributed by atoms with Gasteiger partial charge in [0.1, 0.15) is 11.9 Å². The van der Waals surface area contributed by atoms with Crippen molar-refractivity contribution in [1.82, 2.24) is 9.47 Å². The first-order valence-electron chi connectivity index (χ1n) is 10.8. The summed E-state index contributed by atoms with van der Waals surface area (Å²) < 4.78 is 25.3. The second-order valence-corrected chi connectivity index (χ2v) is 9.94. The number of primary sulfonamides is 1. The largest absolute Gasteiger partial charge is 0.326 e. The lowest BCUT2D eigenvalue weighted by Crippen LogP contribution is -2.33. The molecular weight excluding hydrogens is 450 g/mol. The van der Waals surface area contributed by atoms with Crippen LogP contribution in [0.1, 0.15) is 40.9 Å². The quantitative estimate of drug-likeness (QED) is 0.513. The SMILES string of the molecule is Cc1c(C#N)c(NC(=O)CN(C)C(C)c2cccc(S(N)(=O)=O)c2)n(Cc2ccccc2)c1C. The fourth-order valence-corrected chi connectivity index (χ4v) is 4.40. The Morgan fingerprint density at radius 3 is 2.47 bits per heavy atom. The summed E-state index contributed by atoms with van der Waals surface area (Å²) in [5.74, 6) is 0.198.